The van der Waals surface area contributed by atoms with Gasteiger partial charge in [-0.1, -0.05) is 18.2 Å². The molecule has 30 heavy (non-hydrogen) atoms. The third-order valence-corrected chi connectivity index (χ3v) is 4.81. The molecular weight excluding hydrogens is 412 g/mol. The Morgan fingerprint density at radius 3 is 2.47 bits per heavy atom. The van der Waals surface area contributed by atoms with E-state index < -0.39 is 23.7 Å². The van der Waals surface area contributed by atoms with Crippen LogP contribution >= 0.6 is 0 Å². The quantitative estimate of drug-likeness (QED) is 0.530. The molecule has 3 aromatic rings. The third kappa shape index (κ3) is 4.18. The molecule has 0 bridgehead atoms. The highest BCUT2D eigenvalue weighted by molar-refractivity contribution is 5.63. The van der Waals surface area contributed by atoms with Crippen LogP contribution in [0, 0.1) is 0 Å². The number of benzene rings is 1. The summed E-state index contributed by atoms with van der Waals surface area (Å²) < 4.78 is 83.6. The molecule has 1 aromatic carbocycles. The molecule has 0 saturated carbocycles. The summed E-state index contributed by atoms with van der Waals surface area (Å²) in [6.07, 6.45) is -7.62. The minimum atomic E-state index is -4.59. The van der Waals surface area contributed by atoms with Crippen LogP contribution < -0.4 is 0 Å². The predicted octanol–water partition coefficient (Wildman–Crippen LogP) is 5.33. The first-order valence-corrected chi connectivity index (χ1v) is 9.01. The van der Waals surface area contributed by atoms with Crippen molar-refractivity contribution >= 4 is 0 Å². The fourth-order valence-electron chi connectivity index (χ4n) is 3.42. The lowest BCUT2D eigenvalue weighted by molar-refractivity contribution is -0.145. The van der Waals surface area contributed by atoms with E-state index in [-0.39, 0.29) is 11.3 Å². The highest BCUT2D eigenvalue weighted by atomic mass is 19.4. The standard InChI is InChI=1S/C20H15F6N3O/c21-19(22,23)15-4-2-1-3-14(15)17-6-5-13(30-17)11-29-8-7-16-12(10-29)9-27-18(28-16)20(24,25)26/h1-6,9H,7-8,10-11H2. The van der Waals surface area contributed by atoms with E-state index in [0.717, 1.165) is 6.07 Å². The van der Waals surface area contributed by atoms with Crippen molar-refractivity contribution in [3.63, 3.8) is 0 Å². The van der Waals surface area contributed by atoms with Gasteiger partial charge in [0, 0.05) is 36.8 Å². The number of furan rings is 1. The van der Waals surface area contributed by atoms with Crippen LogP contribution in [0.4, 0.5) is 26.3 Å². The molecule has 4 rings (SSSR count). The van der Waals surface area contributed by atoms with Crippen LogP contribution in [0.5, 0.6) is 0 Å². The zero-order valence-corrected chi connectivity index (χ0v) is 15.4. The minimum Gasteiger partial charge on any atom is -0.460 e. The highest BCUT2D eigenvalue weighted by Crippen LogP contribution is 2.37. The molecule has 10 heteroatoms. The second-order valence-corrected chi connectivity index (χ2v) is 6.93. The second-order valence-electron chi connectivity index (χ2n) is 6.93. The van der Waals surface area contributed by atoms with Gasteiger partial charge in [-0.25, -0.2) is 9.97 Å². The third-order valence-electron chi connectivity index (χ3n) is 4.81. The van der Waals surface area contributed by atoms with E-state index in [0.29, 0.717) is 43.1 Å². The minimum absolute atomic E-state index is 0.0479. The number of hydrogen-bond acceptors (Lipinski definition) is 4. The molecule has 0 fully saturated rings. The maximum atomic E-state index is 13.2. The fourth-order valence-corrected chi connectivity index (χ4v) is 3.42. The zero-order chi connectivity index (χ0) is 21.5. The summed E-state index contributed by atoms with van der Waals surface area (Å²) >= 11 is 0. The van der Waals surface area contributed by atoms with Crippen molar-refractivity contribution < 1.29 is 30.8 Å². The fraction of sp³-hybridized carbons (Fsp3) is 0.300. The van der Waals surface area contributed by atoms with E-state index in [2.05, 4.69) is 9.97 Å². The monoisotopic (exact) mass is 427 g/mol. The van der Waals surface area contributed by atoms with Gasteiger partial charge < -0.3 is 4.42 Å². The topological polar surface area (TPSA) is 42.2 Å². The van der Waals surface area contributed by atoms with Gasteiger partial charge in [-0.3, -0.25) is 4.90 Å². The normalized spacial score (nSPS) is 15.3. The predicted molar refractivity (Wildman–Crippen MR) is 94.0 cm³/mol. The molecular formula is C20H15F6N3O. The van der Waals surface area contributed by atoms with Gasteiger partial charge in [0.25, 0.3) is 0 Å². The van der Waals surface area contributed by atoms with Crippen molar-refractivity contribution in [2.45, 2.75) is 31.9 Å². The molecule has 0 unspecified atom stereocenters. The lowest BCUT2D eigenvalue weighted by Crippen LogP contribution is -2.31. The SMILES string of the molecule is FC(F)(F)c1ncc2c(n1)CCN(Cc1ccc(-c3ccccc3C(F)(F)F)o1)C2. The van der Waals surface area contributed by atoms with E-state index in [1.54, 1.807) is 6.07 Å². The molecule has 1 aliphatic heterocycles. The summed E-state index contributed by atoms with van der Waals surface area (Å²) in [5, 5.41) is 0. The van der Waals surface area contributed by atoms with Gasteiger partial charge in [0.05, 0.1) is 17.8 Å². The van der Waals surface area contributed by atoms with Crippen LogP contribution in [-0.2, 0) is 31.9 Å². The van der Waals surface area contributed by atoms with Crippen LogP contribution in [0.3, 0.4) is 0 Å². The van der Waals surface area contributed by atoms with E-state index in [1.165, 1.54) is 30.5 Å². The first kappa shape index (κ1) is 20.4. The number of rotatable bonds is 3. The molecule has 0 saturated heterocycles. The summed E-state index contributed by atoms with van der Waals surface area (Å²) in [5.41, 5.74) is 0.111. The van der Waals surface area contributed by atoms with Crippen molar-refractivity contribution in [2.75, 3.05) is 6.54 Å². The number of alkyl halides is 6. The average Bonchev–Trinajstić information content (AvgIpc) is 3.14. The summed E-state index contributed by atoms with van der Waals surface area (Å²) in [4.78, 5) is 8.91. The molecule has 158 valence electrons. The number of halogens is 6. The lowest BCUT2D eigenvalue weighted by atomic mass is 10.1. The van der Waals surface area contributed by atoms with Crippen molar-refractivity contribution in [1.29, 1.82) is 0 Å². The first-order valence-electron chi connectivity index (χ1n) is 9.01. The van der Waals surface area contributed by atoms with Gasteiger partial charge >= 0.3 is 12.4 Å². The molecule has 3 heterocycles. The maximum Gasteiger partial charge on any atom is 0.451 e. The molecule has 0 radical (unpaired) electrons. The van der Waals surface area contributed by atoms with Gasteiger partial charge in [0.15, 0.2) is 0 Å². The smallest absolute Gasteiger partial charge is 0.451 e. The Morgan fingerprint density at radius 2 is 1.73 bits per heavy atom. The van der Waals surface area contributed by atoms with Crippen molar-refractivity contribution in [3.8, 4) is 11.3 Å². The molecule has 0 N–H and O–H groups in total. The van der Waals surface area contributed by atoms with Crippen LogP contribution in [-0.4, -0.2) is 21.4 Å². The summed E-state index contributed by atoms with van der Waals surface area (Å²) in [6, 6.07) is 8.24. The summed E-state index contributed by atoms with van der Waals surface area (Å²) in [6.45, 7) is 1.06. The van der Waals surface area contributed by atoms with Crippen LogP contribution in [0.15, 0.2) is 47.0 Å². The van der Waals surface area contributed by atoms with Crippen molar-refractivity contribution in [1.82, 2.24) is 14.9 Å². The average molecular weight is 427 g/mol. The van der Waals surface area contributed by atoms with Crippen molar-refractivity contribution in [2.24, 2.45) is 0 Å². The molecule has 1 aliphatic rings. The largest absolute Gasteiger partial charge is 0.460 e. The van der Waals surface area contributed by atoms with Gasteiger partial charge in [-0.15, -0.1) is 0 Å². The Morgan fingerprint density at radius 1 is 0.967 bits per heavy atom. The van der Waals surface area contributed by atoms with Crippen LogP contribution in [0.2, 0.25) is 0 Å². The Balaban J connectivity index is 1.50. The first-order chi connectivity index (χ1) is 14.1. The van der Waals surface area contributed by atoms with Crippen LogP contribution in [0.25, 0.3) is 11.3 Å². The molecule has 0 atom stereocenters. The molecule has 0 aliphatic carbocycles. The van der Waals surface area contributed by atoms with Crippen molar-refractivity contribution in [3.05, 3.63) is 71.0 Å². The van der Waals surface area contributed by atoms with E-state index in [4.69, 9.17) is 4.42 Å². The van der Waals surface area contributed by atoms with Gasteiger partial charge in [0.1, 0.15) is 11.5 Å². The Kier molecular flexibility index (Phi) is 5.05. The Hall–Kier alpha value is -2.88. The number of nitrogens with zero attached hydrogens (tertiary/aromatic N) is 3. The molecule has 0 spiro atoms. The van der Waals surface area contributed by atoms with E-state index in [9.17, 15) is 26.3 Å². The zero-order valence-electron chi connectivity index (χ0n) is 15.4. The maximum absolute atomic E-state index is 13.2. The molecule has 0 amide bonds. The van der Waals surface area contributed by atoms with E-state index in [1.807, 2.05) is 4.90 Å². The van der Waals surface area contributed by atoms with Gasteiger partial charge in [-0.05, 0) is 18.2 Å². The Labute approximate surface area is 167 Å². The Bertz CT molecular complexity index is 1060. The number of hydrogen-bond donors (Lipinski definition) is 0. The van der Waals surface area contributed by atoms with Crippen LogP contribution in [0.1, 0.15) is 28.4 Å². The number of aromatic nitrogens is 2. The van der Waals surface area contributed by atoms with Gasteiger partial charge in [0.2, 0.25) is 5.82 Å². The lowest BCUT2D eigenvalue weighted by Gasteiger charge is -2.27. The highest BCUT2D eigenvalue weighted by Gasteiger charge is 2.36. The van der Waals surface area contributed by atoms with E-state index >= 15 is 0 Å². The second kappa shape index (κ2) is 7.42. The summed E-state index contributed by atoms with van der Waals surface area (Å²) in [5.74, 6) is -0.597. The molecule has 2 aromatic heterocycles. The van der Waals surface area contributed by atoms with Gasteiger partial charge in [-0.2, -0.15) is 26.3 Å². The summed E-state index contributed by atoms with van der Waals surface area (Å²) in [7, 11) is 0. The number of fused-ring (bicyclic) bond motifs is 1. The molecule has 4 nitrogen and oxygen atoms in total.